The van der Waals surface area contributed by atoms with Crippen LogP contribution in [0.1, 0.15) is 18.4 Å². The molecule has 1 fully saturated rings. The Morgan fingerprint density at radius 3 is 2.76 bits per heavy atom. The van der Waals surface area contributed by atoms with Gasteiger partial charge in [-0.1, -0.05) is 22.0 Å². The van der Waals surface area contributed by atoms with Crippen molar-refractivity contribution in [2.24, 2.45) is 0 Å². The van der Waals surface area contributed by atoms with E-state index in [0.29, 0.717) is 12.6 Å². The molecule has 2 rings (SSSR count). The predicted molar refractivity (Wildman–Crippen MR) is 85.2 cm³/mol. The topological polar surface area (TPSA) is 69.6 Å². The fourth-order valence-corrected chi connectivity index (χ4v) is 2.36. The molecule has 2 N–H and O–H groups in total. The van der Waals surface area contributed by atoms with Crippen molar-refractivity contribution in [3.8, 4) is 0 Å². The lowest BCUT2D eigenvalue weighted by molar-refractivity contribution is -0.131. The lowest BCUT2D eigenvalue weighted by Crippen LogP contribution is -2.36. The summed E-state index contributed by atoms with van der Waals surface area (Å²) in [6.45, 7) is 0.299. The van der Waals surface area contributed by atoms with Gasteiger partial charge in [-0.15, -0.1) is 0 Å². The highest BCUT2D eigenvalue weighted by Gasteiger charge is 2.23. The number of aliphatic carboxylic acids is 1. The fourth-order valence-electron chi connectivity index (χ4n) is 1.86. The number of carboxylic acid groups (broad SMARTS) is 1. The number of hydrogen-bond acceptors (Lipinski definition) is 3. The number of rotatable bonds is 6. The Balaban J connectivity index is 2.00. The maximum absolute atomic E-state index is 11.8. The molecule has 0 aliphatic heterocycles. The third kappa shape index (κ3) is 4.90. The van der Waals surface area contributed by atoms with Gasteiger partial charge in [-0.05, 0) is 36.6 Å². The normalized spacial score (nSPS) is 14.2. The summed E-state index contributed by atoms with van der Waals surface area (Å²) in [4.78, 5) is 24.1. The van der Waals surface area contributed by atoms with Gasteiger partial charge in [0.25, 0.3) is 0 Å². The van der Waals surface area contributed by atoms with Gasteiger partial charge in [0.1, 0.15) is 0 Å². The minimum atomic E-state index is -0.986. The second-order valence-corrected chi connectivity index (χ2v) is 5.93. The van der Waals surface area contributed by atoms with Crippen LogP contribution >= 0.6 is 15.9 Å². The van der Waals surface area contributed by atoms with E-state index in [0.717, 1.165) is 34.6 Å². The number of amides is 1. The van der Waals surface area contributed by atoms with Crippen molar-refractivity contribution in [2.75, 3.05) is 18.5 Å². The molecule has 1 amide bonds. The first-order valence-corrected chi connectivity index (χ1v) is 7.46. The first-order chi connectivity index (χ1) is 9.95. The molecule has 0 saturated heterocycles. The maximum Gasteiger partial charge on any atom is 0.328 e. The predicted octanol–water partition coefficient (Wildman–Crippen LogP) is 2.26. The number of likely N-dealkylation sites (N-methyl/N-ethyl adjacent to an activating group) is 1. The van der Waals surface area contributed by atoms with Crippen molar-refractivity contribution in [3.63, 3.8) is 0 Å². The molecule has 0 spiro atoms. The monoisotopic (exact) mass is 352 g/mol. The second kappa shape index (κ2) is 6.76. The van der Waals surface area contributed by atoms with Crippen molar-refractivity contribution in [2.45, 2.75) is 18.9 Å². The van der Waals surface area contributed by atoms with E-state index >= 15 is 0 Å². The van der Waals surface area contributed by atoms with Gasteiger partial charge in [-0.2, -0.15) is 0 Å². The quantitative estimate of drug-likeness (QED) is 0.770. The van der Waals surface area contributed by atoms with E-state index in [1.54, 1.807) is 0 Å². The molecule has 112 valence electrons. The smallest absolute Gasteiger partial charge is 0.328 e. The zero-order chi connectivity index (χ0) is 15.4. The summed E-state index contributed by atoms with van der Waals surface area (Å²) >= 11 is 3.41. The Kier molecular flexibility index (Phi) is 5.01. The summed E-state index contributed by atoms with van der Waals surface area (Å²) in [6, 6.07) is 5.90. The molecule has 0 radical (unpaired) electrons. The zero-order valence-corrected chi connectivity index (χ0v) is 13.3. The van der Waals surface area contributed by atoms with Crippen LogP contribution in [0.25, 0.3) is 6.08 Å². The van der Waals surface area contributed by atoms with Crippen LogP contribution in [0.3, 0.4) is 0 Å². The van der Waals surface area contributed by atoms with Crippen LogP contribution in [0.2, 0.25) is 0 Å². The number of nitrogens with zero attached hydrogens (tertiary/aromatic N) is 1. The lowest BCUT2D eigenvalue weighted by Gasteiger charge is -2.19. The van der Waals surface area contributed by atoms with Crippen molar-refractivity contribution in [1.29, 1.82) is 0 Å². The van der Waals surface area contributed by atoms with Gasteiger partial charge in [-0.25, -0.2) is 4.79 Å². The fraction of sp³-hybridized carbons (Fsp3) is 0.333. The summed E-state index contributed by atoms with van der Waals surface area (Å²) in [5.41, 5.74) is 1.66. The minimum absolute atomic E-state index is 0.0194. The first-order valence-electron chi connectivity index (χ1n) is 6.67. The molecule has 0 bridgehead atoms. The summed E-state index contributed by atoms with van der Waals surface area (Å²) in [6.07, 6.45) is 4.76. The lowest BCUT2D eigenvalue weighted by atomic mass is 10.2. The van der Waals surface area contributed by atoms with Crippen LogP contribution in [0.5, 0.6) is 0 Å². The standard InChI is InChI=1S/C15H17BrN2O3/c1-18(9-14(19)17-11-4-5-11)12-6-2-10(13(16)8-12)3-7-15(20)21/h2-3,6-8,11H,4-5,9H2,1H3,(H,17,19)(H,20,21)/b7-3+. The van der Waals surface area contributed by atoms with Crippen LogP contribution in [0.15, 0.2) is 28.7 Å². The first kappa shape index (κ1) is 15.6. The van der Waals surface area contributed by atoms with Crippen LogP contribution in [-0.4, -0.2) is 36.6 Å². The highest BCUT2D eigenvalue weighted by molar-refractivity contribution is 9.10. The van der Waals surface area contributed by atoms with Crippen molar-refractivity contribution in [3.05, 3.63) is 34.3 Å². The highest BCUT2D eigenvalue weighted by atomic mass is 79.9. The number of carbonyl (C=O) groups excluding carboxylic acids is 1. The van der Waals surface area contributed by atoms with Crippen LogP contribution in [0, 0.1) is 0 Å². The molecule has 1 aliphatic carbocycles. The Morgan fingerprint density at radius 2 is 2.19 bits per heavy atom. The van der Waals surface area contributed by atoms with E-state index < -0.39 is 5.97 Å². The summed E-state index contributed by atoms with van der Waals surface area (Å²) in [5.74, 6) is -0.967. The SMILES string of the molecule is CN(CC(=O)NC1CC1)c1ccc(/C=C/C(=O)O)c(Br)c1. The molecule has 1 aromatic rings. The third-order valence-electron chi connectivity index (χ3n) is 3.15. The third-order valence-corrected chi connectivity index (χ3v) is 3.84. The highest BCUT2D eigenvalue weighted by Crippen LogP contribution is 2.25. The molecule has 0 heterocycles. The van der Waals surface area contributed by atoms with Crippen molar-refractivity contribution in [1.82, 2.24) is 5.32 Å². The average Bonchev–Trinajstić information content (AvgIpc) is 3.20. The van der Waals surface area contributed by atoms with Gasteiger partial charge in [-0.3, -0.25) is 4.79 Å². The number of nitrogens with one attached hydrogen (secondary N) is 1. The minimum Gasteiger partial charge on any atom is -0.478 e. The maximum atomic E-state index is 11.8. The summed E-state index contributed by atoms with van der Waals surface area (Å²) in [7, 11) is 1.85. The molecule has 6 heteroatoms. The number of halogens is 1. The van der Waals surface area contributed by atoms with E-state index in [1.165, 1.54) is 6.08 Å². The van der Waals surface area contributed by atoms with Crippen molar-refractivity contribution < 1.29 is 14.7 Å². The molecule has 1 aliphatic rings. The van der Waals surface area contributed by atoms with Gasteiger partial charge in [0, 0.05) is 29.3 Å². The summed E-state index contributed by atoms with van der Waals surface area (Å²) in [5, 5.41) is 11.6. The van der Waals surface area contributed by atoms with E-state index in [1.807, 2.05) is 30.1 Å². The van der Waals surface area contributed by atoms with Crippen LogP contribution < -0.4 is 10.2 Å². The van der Waals surface area contributed by atoms with Crippen molar-refractivity contribution >= 4 is 39.6 Å². The van der Waals surface area contributed by atoms with E-state index in [4.69, 9.17) is 5.11 Å². The number of anilines is 1. The van der Waals surface area contributed by atoms with E-state index in [2.05, 4.69) is 21.2 Å². The average molecular weight is 353 g/mol. The molecule has 5 nitrogen and oxygen atoms in total. The van der Waals surface area contributed by atoms with E-state index in [-0.39, 0.29) is 5.91 Å². The Bertz CT molecular complexity index is 582. The molecule has 21 heavy (non-hydrogen) atoms. The van der Waals surface area contributed by atoms with E-state index in [9.17, 15) is 9.59 Å². The Labute approximate surface area is 131 Å². The molecule has 0 atom stereocenters. The van der Waals surface area contributed by atoms with Gasteiger partial charge >= 0.3 is 5.97 Å². The Morgan fingerprint density at radius 1 is 1.48 bits per heavy atom. The van der Waals surface area contributed by atoms with Gasteiger partial charge in [0.05, 0.1) is 6.54 Å². The van der Waals surface area contributed by atoms with Gasteiger partial charge < -0.3 is 15.3 Å². The number of benzene rings is 1. The van der Waals surface area contributed by atoms with Gasteiger partial charge in [0.15, 0.2) is 0 Å². The molecular weight excluding hydrogens is 336 g/mol. The van der Waals surface area contributed by atoms with Crippen LogP contribution in [0.4, 0.5) is 5.69 Å². The van der Waals surface area contributed by atoms with Crippen LogP contribution in [-0.2, 0) is 9.59 Å². The Hall–Kier alpha value is -1.82. The summed E-state index contributed by atoms with van der Waals surface area (Å²) < 4.78 is 0.784. The number of carboxylic acids is 1. The number of carbonyl (C=O) groups is 2. The molecule has 0 aromatic heterocycles. The molecule has 1 aromatic carbocycles. The molecule has 1 saturated carbocycles. The second-order valence-electron chi connectivity index (χ2n) is 5.08. The largest absolute Gasteiger partial charge is 0.478 e. The molecule has 0 unspecified atom stereocenters. The number of hydrogen-bond donors (Lipinski definition) is 2. The van der Waals surface area contributed by atoms with Gasteiger partial charge in [0.2, 0.25) is 5.91 Å². The zero-order valence-electron chi connectivity index (χ0n) is 11.7. The molecular formula is C15H17BrN2O3.